The van der Waals surface area contributed by atoms with Crippen LogP contribution in [-0.2, 0) is 0 Å². The summed E-state index contributed by atoms with van der Waals surface area (Å²) < 4.78 is 5.30. The van der Waals surface area contributed by atoms with Gasteiger partial charge in [-0.15, -0.1) is 0 Å². The highest BCUT2D eigenvalue weighted by atomic mass is 16.5. The van der Waals surface area contributed by atoms with Crippen molar-refractivity contribution in [3.8, 4) is 5.75 Å². The molecule has 1 aromatic rings. The van der Waals surface area contributed by atoms with Crippen molar-refractivity contribution in [3.05, 3.63) is 23.8 Å². The summed E-state index contributed by atoms with van der Waals surface area (Å²) >= 11 is 0. The summed E-state index contributed by atoms with van der Waals surface area (Å²) in [6.07, 6.45) is 0. The molecular weight excluding hydrogens is 252 g/mol. The zero-order valence-corrected chi connectivity index (χ0v) is 12.5. The molecule has 0 saturated carbocycles. The number of hydrogen-bond acceptors (Lipinski definition) is 4. The number of nitrogens with one attached hydrogen (secondary N) is 1. The van der Waals surface area contributed by atoms with E-state index in [1.807, 2.05) is 18.2 Å². The maximum atomic E-state index is 7.75. The maximum Gasteiger partial charge on any atom is 0.124 e. The molecular formula is C15H24N4O. The molecule has 1 saturated heterocycles. The van der Waals surface area contributed by atoms with E-state index < -0.39 is 0 Å². The van der Waals surface area contributed by atoms with E-state index in [-0.39, 0.29) is 5.84 Å². The lowest BCUT2D eigenvalue weighted by molar-refractivity contribution is 0.199. The Morgan fingerprint density at radius 1 is 1.45 bits per heavy atom. The largest absolute Gasteiger partial charge is 0.497 e. The minimum absolute atomic E-state index is 0.105. The minimum Gasteiger partial charge on any atom is -0.497 e. The molecule has 3 N–H and O–H groups in total. The van der Waals surface area contributed by atoms with E-state index in [1.165, 1.54) is 0 Å². The molecule has 0 amide bonds. The standard InChI is InChI=1S/C15H24N4O/c1-4-18-7-8-19(10-11(18)2)14-9-12(20-3)5-6-13(14)15(16)17/h5-6,9,11H,4,7-8,10H2,1-3H3,(H3,16,17). The number of likely N-dealkylation sites (N-methyl/N-ethyl adjacent to an activating group) is 1. The van der Waals surface area contributed by atoms with Gasteiger partial charge in [-0.05, 0) is 25.6 Å². The van der Waals surface area contributed by atoms with Crippen LogP contribution in [0.3, 0.4) is 0 Å². The van der Waals surface area contributed by atoms with Crippen LogP contribution in [0.5, 0.6) is 5.75 Å². The molecule has 0 spiro atoms. The Kier molecular flexibility index (Phi) is 4.49. The topological polar surface area (TPSA) is 65.6 Å². The van der Waals surface area contributed by atoms with Crippen molar-refractivity contribution in [2.24, 2.45) is 5.73 Å². The van der Waals surface area contributed by atoms with Gasteiger partial charge in [0.2, 0.25) is 0 Å². The molecule has 1 aliphatic heterocycles. The quantitative estimate of drug-likeness (QED) is 0.646. The smallest absolute Gasteiger partial charge is 0.124 e. The molecule has 0 radical (unpaired) electrons. The van der Waals surface area contributed by atoms with Crippen molar-refractivity contribution >= 4 is 11.5 Å². The van der Waals surface area contributed by atoms with E-state index in [0.29, 0.717) is 6.04 Å². The number of rotatable bonds is 4. The number of ether oxygens (including phenoxy) is 1. The average molecular weight is 276 g/mol. The highest BCUT2D eigenvalue weighted by Gasteiger charge is 2.24. The Morgan fingerprint density at radius 3 is 2.75 bits per heavy atom. The van der Waals surface area contributed by atoms with Crippen LogP contribution >= 0.6 is 0 Å². The number of piperazine rings is 1. The Bertz CT molecular complexity index is 489. The van der Waals surface area contributed by atoms with E-state index >= 15 is 0 Å². The van der Waals surface area contributed by atoms with E-state index in [4.69, 9.17) is 15.9 Å². The van der Waals surface area contributed by atoms with Gasteiger partial charge in [-0.25, -0.2) is 0 Å². The van der Waals surface area contributed by atoms with Gasteiger partial charge in [0.25, 0.3) is 0 Å². The first kappa shape index (κ1) is 14.7. The van der Waals surface area contributed by atoms with Crippen LogP contribution in [0.4, 0.5) is 5.69 Å². The summed E-state index contributed by atoms with van der Waals surface area (Å²) in [5, 5.41) is 7.75. The Labute approximate surface area is 120 Å². The minimum atomic E-state index is 0.105. The van der Waals surface area contributed by atoms with Gasteiger partial charge in [0, 0.05) is 37.3 Å². The number of anilines is 1. The number of nitrogens with zero attached hydrogens (tertiary/aromatic N) is 2. The van der Waals surface area contributed by atoms with E-state index in [9.17, 15) is 0 Å². The van der Waals surface area contributed by atoms with Crippen molar-refractivity contribution in [2.75, 3.05) is 38.2 Å². The number of benzene rings is 1. The Hall–Kier alpha value is -1.75. The van der Waals surface area contributed by atoms with Gasteiger partial charge in [-0.3, -0.25) is 10.3 Å². The number of hydrogen-bond donors (Lipinski definition) is 2. The number of nitrogens with two attached hydrogens (primary N) is 1. The summed E-state index contributed by atoms with van der Waals surface area (Å²) in [7, 11) is 1.66. The van der Waals surface area contributed by atoms with Gasteiger partial charge in [0.05, 0.1) is 12.8 Å². The van der Waals surface area contributed by atoms with Gasteiger partial charge in [0.15, 0.2) is 0 Å². The van der Waals surface area contributed by atoms with Crippen LogP contribution < -0.4 is 15.4 Å². The van der Waals surface area contributed by atoms with E-state index in [1.54, 1.807) is 7.11 Å². The Morgan fingerprint density at radius 2 is 2.20 bits per heavy atom. The third-order valence-electron chi connectivity index (χ3n) is 4.01. The lowest BCUT2D eigenvalue weighted by atomic mass is 10.1. The van der Waals surface area contributed by atoms with Crippen molar-refractivity contribution in [2.45, 2.75) is 19.9 Å². The van der Waals surface area contributed by atoms with Crippen LogP contribution in [0.25, 0.3) is 0 Å². The van der Waals surface area contributed by atoms with Crippen LogP contribution in [0.2, 0.25) is 0 Å². The predicted octanol–water partition coefficient (Wildman–Crippen LogP) is 1.51. The summed E-state index contributed by atoms with van der Waals surface area (Å²) in [6.45, 7) is 8.44. The number of methoxy groups -OCH3 is 1. The molecule has 0 aliphatic carbocycles. The third-order valence-corrected chi connectivity index (χ3v) is 4.01. The second-order valence-corrected chi connectivity index (χ2v) is 5.22. The molecule has 110 valence electrons. The lowest BCUT2D eigenvalue weighted by Gasteiger charge is -2.41. The molecule has 5 heteroatoms. The zero-order chi connectivity index (χ0) is 14.7. The Balaban J connectivity index is 2.29. The van der Waals surface area contributed by atoms with Crippen LogP contribution in [-0.4, -0.2) is 50.1 Å². The normalized spacial score (nSPS) is 19.9. The average Bonchev–Trinajstić information content (AvgIpc) is 2.46. The molecule has 1 heterocycles. The van der Waals surface area contributed by atoms with Crippen LogP contribution in [0.1, 0.15) is 19.4 Å². The van der Waals surface area contributed by atoms with Crippen LogP contribution in [0.15, 0.2) is 18.2 Å². The maximum absolute atomic E-state index is 7.75. The highest BCUT2D eigenvalue weighted by molar-refractivity contribution is 6.00. The summed E-state index contributed by atoms with van der Waals surface area (Å²) in [5.74, 6) is 0.906. The fourth-order valence-corrected chi connectivity index (χ4v) is 2.81. The van der Waals surface area contributed by atoms with Crippen molar-refractivity contribution < 1.29 is 4.74 Å². The number of amidine groups is 1. The molecule has 0 bridgehead atoms. The first-order valence-corrected chi connectivity index (χ1v) is 7.08. The molecule has 1 fully saturated rings. The number of nitrogen functional groups attached to an aromatic ring is 1. The first-order valence-electron chi connectivity index (χ1n) is 7.08. The SMILES string of the molecule is CCN1CCN(c2cc(OC)ccc2C(=N)N)CC1C. The monoisotopic (exact) mass is 276 g/mol. The molecule has 20 heavy (non-hydrogen) atoms. The summed E-state index contributed by atoms with van der Waals surface area (Å²) in [5.41, 5.74) is 7.49. The van der Waals surface area contributed by atoms with Crippen molar-refractivity contribution in [3.63, 3.8) is 0 Å². The highest BCUT2D eigenvalue weighted by Crippen LogP contribution is 2.28. The molecule has 0 aromatic heterocycles. The molecule has 5 nitrogen and oxygen atoms in total. The summed E-state index contributed by atoms with van der Waals surface area (Å²) in [4.78, 5) is 4.76. The molecule has 1 aliphatic rings. The second kappa shape index (κ2) is 6.13. The summed E-state index contributed by atoms with van der Waals surface area (Å²) in [6, 6.07) is 6.20. The van der Waals surface area contributed by atoms with Gasteiger partial charge in [-0.1, -0.05) is 6.92 Å². The van der Waals surface area contributed by atoms with E-state index in [2.05, 4.69) is 23.6 Å². The zero-order valence-electron chi connectivity index (χ0n) is 12.5. The van der Waals surface area contributed by atoms with Gasteiger partial charge in [-0.2, -0.15) is 0 Å². The van der Waals surface area contributed by atoms with Gasteiger partial charge >= 0.3 is 0 Å². The third kappa shape index (κ3) is 2.88. The van der Waals surface area contributed by atoms with Crippen molar-refractivity contribution in [1.29, 1.82) is 5.41 Å². The fraction of sp³-hybridized carbons (Fsp3) is 0.533. The molecule has 1 unspecified atom stereocenters. The molecule has 1 atom stereocenters. The molecule has 2 rings (SSSR count). The lowest BCUT2D eigenvalue weighted by Crippen LogP contribution is -2.52. The van der Waals surface area contributed by atoms with Crippen LogP contribution in [0, 0.1) is 5.41 Å². The second-order valence-electron chi connectivity index (χ2n) is 5.22. The van der Waals surface area contributed by atoms with Gasteiger partial charge < -0.3 is 15.4 Å². The fourth-order valence-electron chi connectivity index (χ4n) is 2.81. The van der Waals surface area contributed by atoms with Crippen molar-refractivity contribution in [1.82, 2.24) is 4.90 Å². The predicted molar refractivity (Wildman–Crippen MR) is 82.9 cm³/mol. The van der Waals surface area contributed by atoms with Gasteiger partial charge in [0.1, 0.15) is 11.6 Å². The first-order chi connectivity index (χ1) is 9.56. The molecule has 1 aromatic carbocycles. The van der Waals surface area contributed by atoms with E-state index in [0.717, 1.165) is 43.2 Å².